The standard InChI is InChI=1S/C12H18N2O2S/c1-9(17-3)8-13-10(2)11-4-6-12(7-5-11)14(15)16/h4-7,9-10,13H,8H2,1-3H3. The monoisotopic (exact) mass is 254 g/mol. The van der Waals surface area contributed by atoms with E-state index < -0.39 is 0 Å². The Labute approximate surface area is 106 Å². The Hall–Kier alpha value is -1.07. The van der Waals surface area contributed by atoms with Crippen molar-refractivity contribution in [1.29, 1.82) is 0 Å². The fourth-order valence-electron chi connectivity index (χ4n) is 1.43. The summed E-state index contributed by atoms with van der Waals surface area (Å²) in [6.45, 7) is 5.16. The van der Waals surface area contributed by atoms with E-state index in [-0.39, 0.29) is 16.7 Å². The van der Waals surface area contributed by atoms with E-state index in [2.05, 4.69) is 25.4 Å². The Morgan fingerprint density at radius 2 is 1.94 bits per heavy atom. The summed E-state index contributed by atoms with van der Waals surface area (Å²) in [4.78, 5) is 10.1. The molecule has 0 spiro atoms. The van der Waals surface area contributed by atoms with Gasteiger partial charge >= 0.3 is 0 Å². The van der Waals surface area contributed by atoms with Crippen LogP contribution in [0.5, 0.6) is 0 Å². The third-order valence-corrected chi connectivity index (χ3v) is 3.69. The van der Waals surface area contributed by atoms with Crippen LogP contribution in [0.1, 0.15) is 25.5 Å². The number of nitrogens with zero attached hydrogens (tertiary/aromatic N) is 1. The molecule has 0 aromatic heterocycles. The molecule has 1 N–H and O–H groups in total. The average Bonchev–Trinajstić information content (AvgIpc) is 2.35. The van der Waals surface area contributed by atoms with Gasteiger partial charge in [-0.25, -0.2) is 0 Å². The first kappa shape index (κ1) is 14.0. The van der Waals surface area contributed by atoms with Crippen LogP contribution in [0, 0.1) is 10.1 Å². The Kier molecular flexibility index (Phi) is 5.44. The quantitative estimate of drug-likeness (QED) is 0.626. The van der Waals surface area contributed by atoms with Crippen molar-refractivity contribution < 1.29 is 4.92 Å². The molecule has 4 nitrogen and oxygen atoms in total. The summed E-state index contributed by atoms with van der Waals surface area (Å²) in [5, 5.41) is 14.5. The lowest BCUT2D eigenvalue weighted by molar-refractivity contribution is -0.384. The lowest BCUT2D eigenvalue weighted by Gasteiger charge is -2.16. The van der Waals surface area contributed by atoms with Crippen molar-refractivity contribution in [3.63, 3.8) is 0 Å². The van der Waals surface area contributed by atoms with E-state index in [1.54, 1.807) is 24.3 Å². The summed E-state index contributed by atoms with van der Waals surface area (Å²) in [7, 11) is 0. The van der Waals surface area contributed by atoms with E-state index in [0.29, 0.717) is 5.25 Å². The molecule has 0 saturated carbocycles. The highest BCUT2D eigenvalue weighted by Crippen LogP contribution is 2.17. The number of thioether (sulfide) groups is 1. The van der Waals surface area contributed by atoms with Crippen molar-refractivity contribution >= 4 is 17.4 Å². The van der Waals surface area contributed by atoms with Gasteiger partial charge in [0.25, 0.3) is 5.69 Å². The third kappa shape index (κ3) is 4.36. The predicted molar refractivity (Wildman–Crippen MR) is 72.5 cm³/mol. The van der Waals surface area contributed by atoms with E-state index in [1.165, 1.54) is 0 Å². The Balaban J connectivity index is 2.57. The van der Waals surface area contributed by atoms with Gasteiger partial charge in [0, 0.05) is 30.0 Å². The number of nitro benzene ring substituents is 1. The summed E-state index contributed by atoms with van der Waals surface area (Å²) in [5.41, 5.74) is 1.21. The van der Waals surface area contributed by atoms with E-state index in [4.69, 9.17) is 0 Å². The molecule has 0 aliphatic heterocycles. The molecule has 94 valence electrons. The highest BCUT2D eigenvalue weighted by Gasteiger charge is 2.09. The third-order valence-electron chi connectivity index (χ3n) is 2.72. The van der Waals surface area contributed by atoms with Gasteiger partial charge in [0.2, 0.25) is 0 Å². The summed E-state index contributed by atoms with van der Waals surface area (Å²) >= 11 is 1.82. The van der Waals surface area contributed by atoms with Crippen molar-refractivity contribution in [2.75, 3.05) is 12.8 Å². The van der Waals surface area contributed by atoms with Crippen LogP contribution in [0.4, 0.5) is 5.69 Å². The minimum absolute atomic E-state index is 0.137. The molecule has 2 atom stereocenters. The maximum Gasteiger partial charge on any atom is 0.269 e. The fraction of sp³-hybridized carbons (Fsp3) is 0.500. The largest absolute Gasteiger partial charge is 0.309 e. The molecule has 0 amide bonds. The normalized spacial score (nSPS) is 14.3. The second kappa shape index (κ2) is 6.61. The minimum atomic E-state index is -0.377. The molecule has 0 bridgehead atoms. The predicted octanol–water partition coefficient (Wildman–Crippen LogP) is 3.00. The molecule has 0 radical (unpaired) electrons. The average molecular weight is 254 g/mol. The molecule has 0 fully saturated rings. The molecular formula is C12H18N2O2S. The van der Waals surface area contributed by atoms with Crippen molar-refractivity contribution in [3.8, 4) is 0 Å². The van der Waals surface area contributed by atoms with Crippen LogP contribution in [-0.4, -0.2) is 23.0 Å². The number of nitrogens with one attached hydrogen (secondary N) is 1. The first-order chi connectivity index (χ1) is 8.04. The molecule has 1 aromatic rings. The van der Waals surface area contributed by atoms with Gasteiger partial charge in [0.05, 0.1) is 4.92 Å². The van der Waals surface area contributed by atoms with E-state index in [9.17, 15) is 10.1 Å². The number of benzene rings is 1. The first-order valence-electron chi connectivity index (χ1n) is 5.55. The molecule has 0 saturated heterocycles. The molecule has 5 heteroatoms. The van der Waals surface area contributed by atoms with Crippen molar-refractivity contribution in [1.82, 2.24) is 5.32 Å². The van der Waals surface area contributed by atoms with E-state index in [1.807, 2.05) is 11.8 Å². The molecule has 2 unspecified atom stereocenters. The van der Waals surface area contributed by atoms with Gasteiger partial charge in [-0.1, -0.05) is 19.1 Å². The molecule has 0 aliphatic carbocycles. The number of nitro groups is 1. The van der Waals surface area contributed by atoms with Crippen molar-refractivity contribution in [3.05, 3.63) is 39.9 Å². The molecular weight excluding hydrogens is 236 g/mol. The SMILES string of the molecule is CSC(C)CNC(C)c1ccc([N+](=O)[O-])cc1. The van der Waals surface area contributed by atoms with Crippen LogP contribution in [-0.2, 0) is 0 Å². The van der Waals surface area contributed by atoms with Gasteiger partial charge in [-0.05, 0) is 18.7 Å². The van der Waals surface area contributed by atoms with Gasteiger partial charge in [-0.2, -0.15) is 11.8 Å². The minimum Gasteiger partial charge on any atom is -0.309 e. The molecule has 0 aliphatic rings. The zero-order chi connectivity index (χ0) is 12.8. The molecule has 0 heterocycles. The number of hydrogen-bond acceptors (Lipinski definition) is 4. The summed E-state index contributed by atoms with van der Waals surface area (Å²) in [5.74, 6) is 0. The highest BCUT2D eigenvalue weighted by molar-refractivity contribution is 7.99. The van der Waals surface area contributed by atoms with Crippen molar-refractivity contribution in [2.45, 2.75) is 25.1 Å². The lowest BCUT2D eigenvalue weighted by Crippen LogP contribution is -2.25. The van der Waals surface area contributed by atoms with Crippen LogP contribution in [0.3, 0.4) is 0 Å². The highest BCUT2D eigenvalue weighted by atomic mass is 32.2. The maximum atomic E-state index is 10.5. The van der Waals surface area contributed by atoms with Gasteiger partial charge in [0.15, 0.2) is 0 Å². The molecule has 1 aromatic carbocycles. The summed E-state index contributed by atoms with van der Waals surface area (Å²) < 4.78 is 0. The van der Waals surface area contributed by atoms with E-state index >= 15 is 0 Å². The van der Waals surface area contributed by atoms with Gasteiger partial charge in [0.1, 0.15) is 0 Å². The van der Waals surface area contributed by atoms with Crippen LogP contribution >= 0.6 is 11.8 Å². The lowest BCUT2D eigenvalue weighted by atomic mass is 10.1. The Morgan fingerprint density at radius 3 is 2.41 bits per heavy atom. The zero-order valence-corrected chi connectivity index (χ0v) is 11.2. The smallest absolute Gasteiger partial charge is 0.269 e. The Morgan fingerprint density at radius 1 is 1.35 bits per heavy atom. The number of non-ortho nitro benzene ring substituents is 1. The second-order valence-electron chi connectivity index (χ2n) is 4.02. The fourth-order valence-corrected chi connectivity index (χ4v) is 1.69. The van der Waals surface area contributed by atoms with Crippen LogP contribution in [0.2, 0.25) is 0 Å². The summed E-state index contributed by atoms with van der Waals surface area (Å²) in [6, 6.07) is 6.92. The van der Waals surface area contributed by atoms with E-state index in [0.717, 1.165) is 12.1 Å². The summed E-state index contributed by atoms with van der Waals surface area (Å²) in [6.07, 6.45) is 2.09. The van der Waals surface area contributed by atoms with Crippen LogP contribution < -0.4 is 5.32 Å². The second-order valence-corrected chi connectivity index (χ2v) is 5.30. The Bertz CT molecular complexity index is 367. The van der Waals surface area contributed by atoms with Crippen molar-refractivity contribution in [2.24, 2.45) is 0 Å². The number of rotatable bonds is 6. The number of hydrogen-bond donors (Lipinski definition) is 1. The molecule has 17 heavy (non-hydrogen) atoms. The molecule has 1 rings (SSSR count). The topological polar surface area (TPSA) is 55.2 Å². The van der Waals surface area contributed by atoms with Gasteiger partial charge in [-0.3, -0.25) is 10.1 Å². The zero-order valence-electron chi connectivity index (χ0n) is 10.3. The van der Waals surface area contributed by atoms with Crippen LogP contribution in [0.15, 0.2) is 24.3 Å². The maximum absolute atomic E-state index is 10.5. The van der Waals surface area contributed by atoms with Crippen LogP contribution in [0.25, 0.3) is 0 Å². The first-order valence-corrected chi connectivity index (χ1v) is 6.84. The van der Waals surface area contributed by atoms with Gasteiger partial charge in [-0.15, -0.1) is 0 Å². The van der Waals surface area contributed by atoms with Gasteiger partial charge < -0.3 is 5.32 Å².